The van der Waals surface area contributed by atoms with Crippen molar-refractivity contribution in [1.29, 1.82) is 0 Å². The number of ether oxygens (including phenoxy) is 1. The minimum atomic E-state index is -0.349. The molecule has 1 aromatic heterocycles. The van der Waals surface area contributed by atoms with Crippen LogP contribution in [-0.2, 0) is 9.53 Å². The minimum Gasteiger partial charge on any atom is -0.508 e. The molecule has 25 heavy (non-hydrogen) atoms. The van der Waals surface area contributed by atoms with Gasteiger partial charge in [-0.25, -0.2) is 4.79 Å². The number of ketones is 1. The number of rotatable bonds is 2. The normalized spacial score (nSPS) is 33.6. The molecule has 2 aromatic rings. The van der Waals surface area contributed by atoms with E-state index in [1.165, 1.54) is 0 Å². The molecular formula is C19H20N2O4. The van der Waals surface area contributed by atoms with Crippen LogP contribution in [0.1, 0.15) is 36.0 Å². The second kappa shape index (κ2) is 5.33. The third-order valence-corrected chi connectivity index (χ3v) is 6.07. The maximum absolute atomic E-state index is 12.6. The van der Waals surface area contributed by atoms with E-state index < -0.39 is 0 Å². The number of phenolic OH excluding ortho intramolecular Hbond substituents is 1. The highest BCUT2D eigenvalue weighted by Crippen LogP contribution is 2.42. The van der Waals surface area contributed by atoms with Crippen LogP contribution in [0.25, 0.3) is 10.9 Å². The molecule has 0 aliphatic carbocycles. The van der Waals surface area contributed by atoms with Gasteiger partial charge in [-0.15, -0.1) is 0 Å². The van der Waals surface area contributed by atoms with Crippen LogP contribution in [0.2, 0.25) is 0 Å². The molecule has 130 valence electrons. The Hall–Kier alpha value is -2.34. The van der Waals surface area contributed by atoms with Crippen molar-refractivity contribution in [3.8, 4) is 5.75 Å². The van der Waals surface area contributed by atoms with Gasteiger partial charge in [0, 0.05) is 47.9 Å². The molecule has 6 heteroatoms. The van der Waals surface area contributed by atoms with Gasteiger partial charge in [0.05, 0.1) is 12.1 Å². The molecule has 1 aromatic carbocycles. The Morgan fingerprint density at radius 1 is 1.20 bits per heavy atom. The number of fused-ring (bicyclic) bond motifs is 2. The second-order valence-corrected chi connectivity index (χ2v) is 7.55. The van der Waals surface area contributed by atoms with Gasteiger partial charge < -0.3 is 14.8 Å². The fourth-order valence-electron chi connectivity index (χ4n) is 4.91. The van der Waals surface area contributed by atoms with E-state index in [2.05, 4.69) is 9.88 Å². The standard InChI is InChI=1S/C19H20N2O4/c22-13-1-2-17-15(7-13)16(8-20-17)19(24)25-14-5-11-3-10-4-12(6-14)21(11)9-18(10)23/h1-2,7-8,10-12,14,20,22H,3-6,9H2. The van der Waals surface area contributed by atoms with Crippen molar-refractivity contribution in [2.45, 2.75) is 43.9 Å². The van der Waals surface area contributed by atoms with Gasteiger partial charge >= 0.3 is 5.97 Å². The number of hydrogen-bond donors (Lipinski definition) is 2. The number of H-pyrrole nitrogens is 1. The maximum atomic E-state index is 12.6. The van der Waals surface area contributed by atoms with Crippen LogP contribution in [0.4, 0.5) is 0 Å². The van der Waals surface area contributed by atoms with E-state index in [4.69, 9.17) is 4.74 Å². The zero-order chi connectivity index (χ0) is 17.1. The Morgan fingerprint density at radius 2 is 1.96 bits per heavy atom. The molecule has 2 atom stereocenters. The first-order valence-electron chi connectivity index (χ1n) is 8.88. The summed E-state index contributed by atoms with van der Waals surface area (Å²) in [5, 5.41) is 10.3. The monoisotopic (exact) mass is 340 g/mol. The van der Waals surface area contributed by atoms with Gasteiger partial charge in [0.15, 0.2) is 0 Å². The topological polar surface area (TPSA) is 82.6 Å². The fourth-order valence-corrected chi connectivity index (χ4v) is 4.91. The zero-order valence-electron chi connectivity index (χ0n) is 13.8. The van der Waals surface area contributed by atoms with Crippen LogP contribution in [-0.4, -0.2) is 51.5 Å². The lowest BCUT2D eigenvalue weighted by Crippen LogP contribution is -2.63. The van der Waals surface area contributed by atoms with Crippen molar-refractivity contribution < 1.29 is 19.4 Å². The lowest BCUT2D eigenvalue weighted by atomic mass is 9.72. The molecule has 2 N–H and O–H groups in total. The molecule has 4 bridgehead atoms. The van der Waals surface area contributed by atoms with Gasteiger partial charge in [0.2, 0.25) is 0 Å². The first-order valence-corrected chi connectivity index (χ1v) is 8.88. The van der Waals surface area contributed by atoms with Gasteiger partial charge in [-0.05, 0) is 31.0 Å². The van der Waals surface area contributed by atoms with E-state index >= 15 is 0 Å². The van der Waals surface area contributed by atoms with Crippen molar-refractivity contribution in [3.05, 3.63) is 30.0 Å². The number of esters is 1. The number of Topliss-reactive ketones (excluding diaryl/α,β-unsaturated/α-hetero) is 1. The number of carbonyl (C=O) groups excluding carboxylic acids is 2. The molecular weight excluding hydrogens is 320 g/mol. The fraction of sp³-hybridized carbons (Fsp3) is 0.474. The van der Waals surface area contributed by atoms with Gasteiger partial charge in [0.1, 0.15) is 17.6 Å². The Morgan fingerprint density at radius 3 is 2.68 bits per heavy atom. The van der Waals surface area contributed by atoms with Gasteiger partial charge in [-0.1, -0.05) is 0 Å². The van der Waals surface area contributed by atoms with E-state index in [-0.39, 0.29) is 23.7 Å². The molecule has 6 rings (SSSR count). The lowest BCUT2D eigenvalue weighted by Gasteiger charge is -2.54. The van der Waals surface area contributed by atoms with Crippen molar-refractivity contribution >= 4 is 22.7 Å². The third-order valence-electron chi connectivity index (χ3n) is 6.07. The average Bonchev–Trinajstić information content (AvgIpc) is 2.98. The summed E-state index contributed by atoms with van der Waals surface area (Å²) >= 11 is 0. The Balaban J connectivity index is 1.33. The minimum absolute atomic E-state index is 0.102. The molecule has 6 nitrogen and oxygen atoms in total. The molecule has 0 amide bonds. The number of carbonyl (C=O) groups is 2. The number of aromatic amines is 1. The molecule has 0 radical (unpaired) electrons. The summed E-state index contributed by atoms with van der Waals surface area (Å²) in [6.45, 7) is 0.572. The molecule has 2 unspecified atom stereocenters. The zero-order valence-corrected chi connectivity index (χ0v) is 13.8. The molecule has 0 spiro atoms. The summed E-state index contributed by atoms with van der Waals surface area (Å²) in [6.07, 6.45) is 4.96. The molecule has 5 heterocycles. The predicted molar refractivity (Wildman–Crippen MR) is 90.4 cm³/mol. The summed E-state index contributed by atoms with van der Waals surface area (Å²) < 4.78 is 5.80. The first kappa shape index (κ1) is 15.0. The molecule has 4 fully saturated rings. The van der Waals surface area contributed by atoms with E-state index in [1.807, 2.05) is 0 Å². The second-order valence-electron chi connectivity index (χ2n) is 7.55. The van der Waals surface area contributed by atoms with E-state index in [1.54, 1.807) is 24.4 Å². The number of nitrogens with one attached hydrogen (secondary N) is 1. The van der Waals surface area contributed by atoms with Crippen LogP contribution < -0.4 is 0 Å². The van der Waals surface area contributed by atoms with E-state index in [9.17, 15) is 14.7 Å². The number of aromatic nitrogens is 1. The van der Waals surface area contributed by atoms with Crippen LogP contribution >= 0.6 is 0 Å². The smallest absolute Gasteiger partial charge is 0.340 e. The van der Waals surface area contributed by atoms with Crippen LogP contribution in [0.5, 0.6) is 5.75 Å². The Labute approximate surface area is 144 Å². The van der Waals surface area contributed by atoms with Gasteiger partial charge in [-0.3, -0.25) is 9.69 Å². The Kier molecular flexibility index (Phi) is 3.19. The largest absolute Gasteiger partial charge is 0.508 e. The molecule has 4 aliphatic heterocycles. The quantitative estimate of drug-likeness (QED) is 0.819. The summed E-state index contributed by atoms with van der Waals surface area (Å²) in [4.78, 5) is 29.9. The van der Waals surface area contributed by atoms with Crippen molar-refractivity contribution in [3.63, 3.8) is 0 Å². The van der Waals surface area contributed by atoms with Crippen molar-refractivity contribution in [2.75, 3.05) is 6.54 Å². The summed E-state index contributed by atoms with van der Waals surface area (Å²) in [5.74, 6) is 0.370. The Bertz CT molecular complexity index is 857. The van der Waals surface area contributed by atoms with Crippen LogP contribution in [0, 0.1) is 5.92 Å². The van der Waals surface area contributed by atoms with Gasteiger partial charge in [-0.2, -0.15) is 0 Å². The van der Waals surface area contributed by atoms with Crippen LogP contribution in [0.15, 0.2) is 24.4 Å². The SMILES string of the molecule is O=C(OC1CC2CC3CC(C1)N2CC3=O)c1c[nH]c2ccc(O)cc12. The number of hydrogen-bond acceptors (Lipinski definition) is 5. The summed E-state index contributed by atoms with van der Waals surface area (Å²) in [6, 6.07) is 5.63. The van der Waals surface area contributed by atoms with Crippen molar-refractivity contribution in [2.24, 2.45) is 5.92 Å². The number of phenols is 1. The number of nitrogens with zero attached hydrogens (tertiary/aromatic N) is 1. The van der Waals surface area contributed by atoms with E-state index in [0.717, 1.165) is 31.2 Å². The molecule has 4 aliphatic rings. The summed E-state index contributed by atoms with van der Waals surface area (Å²) in [7, 11) is 0. The predicted octanol–water partition coefficient (Wildman–Crippen LogP) is 2.22. The highest BCUT2D eigenvalue weighted by molar-refractivity contribution is 6.04. The third kappa shape index (κ3) is 2.35. The van der Waals surface area contributed by atoms with E-state index in [0.29, 0.717) is 35.4 Å². The number of benzene rings is 1. The van der Waals surface area contributed by atoms with Gasteiger partial charge in [0.25, 0.3) is 0 Å². The average molecular weight is 340 g/mol. The highest BCUT2D eigenvalue weighted by atomic mass is 16.5. The number of aromatic hydroxyl groups is 1. The molecule has 4 saturated heterocycles. The first-order chi connectivity index (χ1) is 12.1. The van der Waals surface area contributed by atoms with Crippen molar-refractivity contribution in [1.82, 2.24) is 9.88 Å². The summed E-state index contributed by atoms with van der Waals surface area (Å²) in [5.41, 5.74) is 1.26. The highest BCUT2D eigenvalue weighted by Gasteiger charge is 2.49. The van der Waals surface area contributed by atoms with Crippen LogP contribution in [0.3, 0.4) is 0 Å². The molecule has 0 saturated carbocycles. The maximum Gasteiger partial charge on any atom is 0.340 e. The number of piperidine rings is 4. The lowest BCUT2D eigenvalue weighted by molar-refractivity contribution is -0.145.